The van der Waals surface area contributed by atoms with Crippen molar-refractivity contribution in [2.75, 3.05) is 0 Å². The number of aryl methyl sites for hydroxylation is 1. The Morgan fingerprint density at radius 2 is 1.65 bits per heavy atom. The van der Waals surface area contributed by atoms with Crippen molar-refractivity contribution in [1.29, 1.82) is 0 Å². The van der Waals surface area contributed by atoms with Crippen LogP contribution < -0.4 is 0 Å². The molecule has 0 bridgehead atoms. The van der Waals surface area contributed by atoms with Gasteiger partial charge in [0.15, 0.2) is 0 Å². The first-order valence-electron chi connectivity index (χ1n) is 8.64. The van der Waals surface area contributed by atoms with Crippen molar-refractivity contribution in [3.05, 3.63) is 67.8 Å². The molecule has 0 saturated carbocycles. The van der Waals surface area contributed by atoms with Crippen LogP contribution in [-0.4, -0.2) is 14.4 Å². The van der Waals surface area contributed by atoms with Gasteiger partial charge in [-0.2, -0.15) is 22.0 Å². The van der Waals surface area contributed by atoms with Gasteiger partial charge in [-0.3, -0.25) is 4.57 Å². The number of nitrogens with zero attached hydrogens (tertiary/aromatic N) is 1. The van der Waals surface area contributed by atoms with E-state index >= 15 is 0 Å². The van der Waals surface area contributed by atoms with Gasteiger partial charge in [0.1, 0.15) is 0 Å². The molecule has 0 saturated heterocycles. The highest BCUT2D eigenvalue weighted by Gasteiger charge is 2.51. The van der Waals surface area contributed by atoms with Crippen LogP contribution in [0.4, 0.5) is 22.0 Å². The van der Waals surface area contributed by atoms with Crippen molar-refractivity contribution in [2.45, 2.75) is 32.2 Å². The second-order valence-electron chi connectivity index (χ2n) is 7.01. The molecule has 3 rings (SSSR count). The Morgan fingerprint density at radius 1 is 1.06 bits per heavy atom. The zero-order chi connectivity index (χ0) is 23.5. The Labute approximate surface area is 186 Å². The van der Waals surface area contributed by atoms with E-state index < -0.39 is 30.6 Å². The molecule has 0 aliphatic heterocycles. The summed E-state index contributed by atoms with van der Waals surface area (Å²) in [5.74, 6) is 0. The maximum atomic E-state index is 14.0. The average Bonchev–Trinajstić information content (AvgIpc) is 2.86. The van der Waals surface area contributed by atoms with Crippen LogP contribution in [0.3, 0.4) is 0 Å². The second-order valence-corrected chi connectivity index (χ2v) is 9.92. The lowest BCUT2D eigenvalue weighted by molar-refractivity contribution is -0.136. The van der Waals surface area contributed by atoms with Crippen LogP contribution >= 0.6 is 35.1 Å². The third-order valence-corrected chi connectivity index (χ3v) is 7.02. The van der Waals surface area contributed by atoms with Gasteiger partial charge in [-0.1, -0.05) is 39.7 Å². The van der Waals surface area contributed by atoms with Gasteiger partial charge in [0.05, 0.1) is 16.1 Å². The number of aromatic nitrogens is 1. The topological polar surface area (TPSA) is 62.5 Å². The van der Waals surface area contributed by atoms with E-state index in [9.17, 15) is 26.5 Å². The molecule has 3 aromatic rings. The summed E-state index contributed by atoms with van der Waals surface area (Å²) in [7, 11) is -5.76. The van der Waals surface area contributed by atoms with Crippen LogP contribution in [-0.2, 0) is 22.9 Å². The molecule has 0 spiro atoms. The largest absolute Gasteiger partial charge is 0.417 e. The van der Waals surface area contributed by atoms with Gasteiger partial charge in [0.25, 0.3) is 0 Å². The number of rotatable bonds is 4. The summed E-state index contributed by atoms with van der Waals surface area (Å²) < 4.78 is 81.1. The summed E-state index contributed by atoms with van der Waals surface area (Å²) in [6.45, 7) is 3.16. The third kappa shape index (κ3) is 4.16. The van der Waals surface area contributed by atoms with Crippen LogP contribution in [0.2, 0.25) is 5.02 Å². The highest BCUT2D eigenvalue weighted by atomic mass is 79.9. The molecule has 0 amide bonds. The Kier molecular flexibility index (Phi) is 6.13. The highest BCUT2D eigenvalue weighted by Crippen LogP contribution is 2.60. The Bertz CT molecular complexity index is 1240. The van der Waals surface area contributed by atoms with Crippen LogP contribution in [0.15, 0.2) is 34.8 Å². The van der Waals surface area contributed by atoms with Crippen molar-refractivity contribution in [3.63, 3.8) is 0 Å². The molecule has 12 heteroatoms. The fourth-order valence-corrected chi connectivity index (χ4v) is 5.03. The molecule has 2 aromatic carbocycles. The van der Waals surface area contributed by atoms with E-state index in [4.69, 9.17) is 21.4 Å². The molecule has 2 N–H and O–H groups in total. The number of hydrogen-bond donors (Lipinski definition) is 2. The minimum Gasteiger partial charge on any atom is -0.339 e. The minimum absolute atomic E-state index is 0.00241. The van der Waals surface area contributed by atoms with E-state index in [0.717, 1.165) is 18.2 Å². The van der Waals surface area contributed by atoms with Crippen molar-refractivity contribution in [3.8, 4) is 0 Å². The molecule has 0 unspecified atom stereocenters. The Hall–Kier alpha value is -1.45. The van der Waals surface area contributed by atoms with E-state index in [0.29, 0.717) is 16.8 Å². The van der Waals surface area contributed by atoms with E-state index in [1.807, 2.05) is 0 Å². The normalized spacial score (nSPS) is 13.3. The van der Waals surface area contributed by atoms with Gasteiger partial charge in [-0.05, 0) is 43.2 Å². The smallest absolute Gasteiger partial charge is 0.339 e. The van der Waals surface area contributed by atoms with E-state index in [-0.39, 0.29) is 26.9 Å². The Balaban J connectivity index is 2.15. The molecule has 1 aromatic heterocycles. The summed E-state index contributed by atoms with van der Waals surface area (Å²) in [4.78, 5) is 17.9. The summed E-state index contributed by atoms with van der Waals surface area (Å²) in [6, 6.07) is 5.40. The van der Waals surface area contributed by atoms with Crippen LogP contribution in [0.5, 0.6) is 0 Å². The molecule has 0 fully saturated rings. The predicted molar refractivity (Wildman–Crippen MR) is 111 cm³/mol. The average molecular weight is 547 g/mol. The predicted octanol–water partition coefficient (Wildman–Crippen LogP) is 6.97. The zero-order valence-corrected chi connectivity index (χ0v) is 19.2. The molecule has 31 heavy (non-hydrogen) atoms. The molecule has 168 valence electrons. The van der Waals surface area contributed by atoms with Gasteiger partial charge >= 0.3 is 19.4 Å². The van der Waals surface area contributed by atoms with Crippen LogP contribution in [0.1, 0.15) is 27.9 Å². The fourth-order valence-electron chi connectivity index (χ4n) is 3.43. The van der Waals surface area contributed by atoms with Crippen molar-refractivity contribution >= 4 is 46.0 Å². The van der Waals surface area contributed by atoms with Gasteiger partial charge in [-0.25, -0.2) is 0 Å². The van der Waals surface area contributed by atoms with E-state index in [1.54, 1.807) is 18.4 Å². The van der Waals surface area contributed by atoms with Gasteiger partial charge in [0, 0.05) is 27.7 Å². The molecule has 0 aliphatic carbocycles. The summed E-state index contributed by atoms with van der Waals surface area (Å²) in [6.07, 6.45) is -4.59. The van der Waals surface area contributed by atoms with Crippen molar-refractivity contribution < 1.29 is 36.3 Å². The molecule has 0 aliphatic rings. The Morgan fingerprint density at radius 3 is 2.16 bits per heavy atom. The number of benzene rings is 2. The van der Waals surface area contributed by atoms with Gasteiger partial charge in [-0.15, -0.1) is 0 Å². The number of fused-ring (bicyclic) bond motifs is 1. The van der Waals surface area contributed by atoms with E-state index in [2.05, 4.69) is 15.9 Å². The molecule has 4 nitrogen and oxygen atoms in total. The fraction of sp³-hybridized carbons (Fsp3) is 0.263. The molecule has 0 atom stereocenters. The van der Waals surface area contributed by atoms with Crippen LogP contribution in [0, 0.1) is 13.8 Å². The number of hydrogen-bond acceptors (Lipinski definition) is 1. The second kappa shape index (κ2) is 7.85. The summed E-state index contributed by atoms with van der Waals surface area (Å²) >= 11 is 9.13. The standard InChI is InChI=1S/C19H15BrClF5NO3P/c1-9-10(2)27(17-15(21)6-5-13(16(9)17)18(22,23)24)8-11-3-4-12(14(20)7-11)19(25,26)31(28,29)30/h3-7H,8H2,1-2H3,(H2,28,29,30). The number of halogens is 7. The van der Waals surface area contributed by atoms with E-state index in [1.165, 1.54) is 12.1 Å². The molecular weight excluding hydrogens is 532 g/mol. The minimum atomic E-state index is -5.76. The lowest BCUT2D eigenvalue weighted by Gasteiger charge is -2.20. The zero-order valence-electron chi connectivity index (χ0n) is 15.9. The first-order chi connectivity index (χ1) is 14.1. The molecule has 1 heterocycles. The SMILES string of the molecule is Cc1c(C)n(Cc2ccc(C(F)(F)P(=O)(O)O)c(Br)c2)c2c(Cl)ccc(C(F)(F)F)c12. The van der Waals surface area contributed by atoms with Gasteiger partial charge < -0.3 is 14.4 Å². The third-order valence-electron chi connectivity index (χ3n) is 5.09. The maximum Gasteiger partial charge on any atom is 0.417 e. The summed E-state index contributed by atoms with van der Waals surface area (Å²) in [5.41, 5.74) is -4.67. The van der Waals surface area contributed by atoms with Crippen LogP contribution in [0.25, 0.3) is 10.9 Å². The number of alkyl halides is 5. The summed E-state index contributed by atoms with van der Waals surface area (Å²) in [5, 5.41) is 0.0594. The van der Waals surface area contributed by atoms with Crippen molar-refractivity contribution in [2.24, 2.45) is 0 Å². The maximum absolute atomic E-state index is 14.0. The first kappa shape index (κ1) is 24.2. The molecular formula is C19H15BrClF5NO3P. The highest BCUT2D eigenvalue weighted by molar-refractivity contribution is 9.10. The first-order valence-corrected chi connectivity index (χ1v) is 11.4. The van der Waals surface area contributed by atoms with Gasteiger partial charge in [0.2, 0.25) is 0 Å². The van der Waals surface area contributed by atoms with Crippen molar-refractivity contribution in [1.82, 2.24) is 4.57 Å². The monoisotopic (exact) mass is 545 g/mol. The lowest BCUT2D eigenvalue weighted by atomic mass is 10.1. The molecule has 0 radical (unpaired) electrons. The lowest BCUT2D eigenvalue weighted by Crippen LogP contribution is -2.15. The quantitative estimate of drug-likeness (QED) is 0.275.